The van der Waals surface area contributed by atoms with Crippen LogP contribution < -0.4 is 9.47 Å². The Labute approximate surface area is 187 Å². The summed E-state index contributed by atoms with van der Waals surface area (Å²) >= 11 is 0. The van der Waals surface area contributed by atoms with Gasteiger partial charge in [0.05, 0.1) is 20.1 Å². The number of carboxylic acid groups (broad SMARTS) is 1. The standard InChI is InChI=1S/C26H30F2O4/c1-31-20-7-8-24(27)23(14-20)26(28)11-9-17(10-12-26)16-32-21-4-2-3-19(13-21)22(15-25(29)30)18-5-6-18/h2-4,7-8,13-14,17-18,22H,5-6,9-12,15-16H2,1H3,(H,29,30)/t17-,22?,26+. The van der Waals surface area contributed by atoms with E-state index in [0.717, 1.165) is 24.2 Å². The monoisotopic (exact) mass is 444 g/mol. The molecule has 0 aliphatic heterocycles. The minimum Gasteiger partial charge on any atom is -0.497 e. The van der Waals surface area contributed by atoms with Gasteiger partial charge in [0.15, 0.2) is 0 Å². The van der Waals surface area contributed by atoms with Crippen LogP contribution >= 0.6 is 0 Å². The average Bonchev–Trinajstić information content (AvgIpc) is 3.63. The van der Waals surface area contributed by atoms with Crippen LogP contribution in [0.2, 0.25) is 0 Å². The molecule has 4 nitrogen and oxygen atoms in total. The van der Waals surface area contributed by atoms with E-state index in [4.69, 9.17) is 9.47 Å². The van der Waals surface area contributed by atoms with Gasteiger partial charge in [-0.25, -0.2) is 8.78 Å². The van der Waals surface area contributed by atoms with Crippen molar-refractivity contribution in [3.63, 3.8) is 0 Å². The van der Waals surface area contributed by atoms with Crippen molar-refractivity contribution in [2.24, 2.45) is 11.8 Å². The molecule has 32 heavy (non-hydrogen) atoms. The van der Waals surface area contributed by atoms with Gasteiger partial charge in [-0.3, -0.25) is 4.79 Å². The van der Waals surface area contributed by atoms with Crippen molar-refractivity contribution >= 4 is 5.97 Å². The predicted molar refractivity (Wildman–Crippen MR) is 117 cm³/mol. The molecule has 0 saturated heterocycles. The number of ether oxygens (including phenoxy) is 2. The van der Waals surface area contributed by atoms with E-state index in [9.17, 15) is 14.3 Å². The zero-order valence-corrected chi connectivity index (χ0v) is 18.4. The van der Waals surface area contributed by atoms with Crippen LogP contribution in [-0.2, 0) is 10.5 Å². The number of halogens is 2. The van der Waals surface area contributed by atoms with Crippen LogP contribution in [0.3, 0.4) is 0 Å². The number of alkyl halides is 1. The number of hydrogen-bond donors (Lipinski definition) is 1. The van der Waals surface area contributed by atoms with E-state index in [1.807, 2.05) is 24.3 Å². The Morgan fingerprint density at radius 1 is 1.12 bits per heavy atom. The number of hydrogen-bond acceptors (Lipinski definition) is 3. The maximum absolute atomic E-state index is 15.6. The molecule has 2 fully saturated rings. The molecule has 0 amide bonds. The minimum absolute atomic E-state index is 0.0237. The van der Waals surface area contributed by atoms with Gasteiger partial charge >= 0.3 is 5.97 Å². The Hall–Kier alpha value is -2.63. The summed E-state index contributed by atoms with van der Waals surface area (Å²) < 4.78 is 41.0. The van der Waals surface area contributed by atoms with E-state index in [-0.39, 0.29) is 36.7 Å². The van der Waals surface area contributed by atoms with E-state index in [1.165, 1.54) is 25.3 Å². The molecule has 6 heteroatoms. The first kappa shape index (κ1) is 22.6. The zero-order chi connectivity index (χ0) is 22.7. The summed E-state index contributed by atoms with van der Waals surface area (Å²) in [6.07, 6.45) is 3.98. The summed E-state index contributed by atoms with van der Waals surface area (Å²) in [6, 6.07) is 11.9. The van der Waals surface area contributed by atoms with Crippen molar-refractivity contribution in [2.45, 2.75) is 56.5 Å². The van der Waals surface area contributed by atoms with Gasteiger partial charge in [0, 0.05) is 5.56 Å². The first-order chi connectivity index (χ1) is 15.4. The molecule has 1 unspecified atom stereocenters. The molecule has 0 spiro atoms. The summed E-state index contributed by atoms with van der Waals surface area (Å²) in [5, 5.41) is 9.24. The van der Waals surface area contributed by atoms with Crippen molar-refractivity contribution in [1.29, 1.82) is 0 Å². The first-order valence-electron chi connectivity index (χ1n) is 11.4. The lowest BCUT2D eigenvalue weighted by Gasteiger charge is -2.34. The summed E-state index contributed by atoms with van der Waals surface area (Å²) in [5.74, 6) is 0.508. The summed E-state index contributed by atoms with van der Waals surface area (Å²) in [5.41, 5.74) is -0.607. The van der Waals surface area contributed by atoms with Crippen LogP contribution in [0.25, 0.3) is 0 Å². The second-order valence-electron chi connectivity index (χ2n) is 9.18. The Morgan fingerprint density at radius 2 is 1.88 bits per heavy atom. The number of carboxylic acids is 1. The molecule has 0 radical (unpaired) electrons. The number of carbonyl (C=O) groups is 1. The molecule has 1 atom stereocenters. The third kappa shape index (κ3) is 5.22. The van der Waals surface area contributed by atoms with Crippen molar-refractivity contribution in [2.75, 3.05) is 13.7 Å². The van der Waals surface area contributed by atoms with Crippen LogP contribution in [0.4, 0.5) is 8.78 Å². The van der Waals surface area contributed by atoms with Crippen LogP contribution in [-0.4, -0.2) is 24.8 Å². The van der Waals surface area contributed by atoms with Gasteiger partial charge in [0.25, 0.3) is 0 Å². The molecule has 2 aromatic carbocycles. The van der Waals surface area contributed by atoms with E-state index in [0.29, 0.717) is 31.1 Å². The van der Waals surface area contributed by atoms with Crippen LogP contribution in [0.5, 0.6) is 11.5 Å². The minimum atomic E-state index is -1.69. The Kier molecular flexibility index (Phi) is 6.68. The van der Waals surface area contributed by atoms with Crippen LogP contribution in [0.1, 0.15) is 62.0 Å². The first-order valence-corrected chi connectivity index (χ1v) is 11.4. The maximum Gasteiger partial charge on any atom is 0.303 e. The van der Waals surface area contributed by atoms with Gasteiger partial charge < -0.3 is 14.6 Å². The molecule has 0 aromatic heterocycles. The molecule has 0 bridgehead atoms. The molecule has 172 valence electrons. The Bertz CT molecular complexity index is 949. The molecular weight excluding hydrogens is 414 g/mol. The SMILES string of the molecule is COc1ccc(F)c([C@]2(F)CC[C@@H](COc3cccc(C(CC(=O)O)C4CC4)c3)CC2)c1. The van der Waals surface area contributed by atoms with Crippen molar-refractivity contribution in [3.8, 4) is 11.5 Å². The Balaban J connectivity index is 1.35. The second kappa shape index (κ2) is 9.47. The number of rotatable bonds is 9. The molecular formula is C26H30F2O4. The third-order valence-corrected chi connectivity index (χ3v) is 6.91. The lowest BCUT2D eigenvalue weighted by Crippen LogP contribution is -2.30. The smallest absolute Gasteiger partial charge is 0.303 e. The highest BCUT2D eigenvalue weighted by Crippen LogP contribution is 2.46. The predicted octanol–water partition coefficient (Wildman–Crippen LogP) is 6.24. The lowest BCUT2D eigenvalue weighted by molar-refractivity contribution is -0.137. The molecule has 2 saturated carbocycles. The van der Waals surface area contributed by atoms with E-state index in [2.05, 4.69) is 0 Å². The highest BCUT2D eigenvalue weighted by atomic mass is 19.1. The molecule has 2 aliphatic carbocycles. The molecule has 4 rings (SSSR count). The summed E-state index contributed by atoms with van der Waals surface area (Å²) in [7, 11) is 1.49. The van der Waals surface area contributed by atoms with Gasteiger partial charge in [0.1, 0.15) is 23.0 Å². The topological polar surface area (TPSA) is 55.8 Å². The lowest BCUT2D eigenvalue weighted by atomic mass is 9.76. The van der Waals surface area contributed by atoms with E-state index < -0.39 is 17.5 Å². The number of aliphatic carboxylic acids is 1. The molecule has 0 heterocycles. The second-order valence-corrected chi connectivity index (χ2v) is 9.18. The third-order valence-electron chi connectivity index (χ3n) is 6.91. The molecule has 1 N–H and O–H groups in total. The zero-order valence-electron chi connectivity index (χ0n) is 18.4. The van der Waals surface area contributed by atoms with Crippen LogP contribution in [0.15, 0.2) is 42.5 Å². The molecule has 2 aliphatic rings. The fourth-order valence-electron chi connectivity index (χ4n) is 4.84. The molecule has 2 aromatic rings. The van der Waals surface area contributed by atoms with E-state index >= 15 is 4.39 Å². The Morgan fingerprint density at radius 3 is 2.53 bits per heavy atom. The van der Waals surface area contributed by atoms with E-state index in [1.54, 1.807) is 0 Å². The van der Waals surface area contributed by atoms with Gasteiger partial charge in [-0.1, -0.05) is 12.1 Å². The van der Waals surface area contributed by atoms with Gasteiger partial charge in [-0.2, -0.15) is 0 Å². The summed E-state index contributed by atoms with van der Waals surface area (Å²) in [6.45, 7) is 0.465. The largest absolute Gasteiger partial charge is 0.497 e. The number of benzene rings is 2. The van der Waals surface area contributed by atoms with Gasteiger partial charge in [-0.15, -0.1) is 0 Å². The fraction of sp³-hybridized carbons (Fsp3) is 0.500. The number of methoxy groups -OCH3 is 1. The van der Waals surface area contributed by atoms with Crippen molar-refractivity contribution < 1.29 is 28.2 Å². The average molecular weight is 445 g/mol. The highest BCUT2D eigenvalue weighted by Gasteiger charge is 2.39. The van der Waals surface area contributed by atoms with Crippen molar-refractivity contribution in [1.82, 2.24) is 0 Å². The maximum atomic E-state index is 15.6. The van der Waals surface area contributed by atoms with Gasteiger partial charge in [0.2, 0.25) is 0 Å². The van der Waals surface area contributed by atoms with Crippen molar-refractivity contribution in [3.05, 3.63) is 59.4 Å². The summed E-state index contributed by atoms with van der Waals surface area (Å²) in [4.78, 5) is 11.3. The highest BCUT2D eigenvalue weighted by molar-refractivity contribution is 5.68. The quantitative estimate of drug-likeness (QED) is 0.498. The fourth-order valence-corrected chi connectivity index (χ4v) is 4.84. The van der Waals surface area contributed by atoms with Gasteiger partial charge in [-0.05, 0) is 92.2 Å². The van der Waals surface area contributed by atoms with Crippen LogP contribution in [0, 0.1) is 17.7 Å². The normalized spacial score (nSPS) is 24.0.